The van der Waals surface area contributed by atoms with E-state index < -0.39 is 5.60 Å². The molecule has 8 nitrogen and oxygen atoms in total. The Kier molecular flexibility index (Phi) is 7.49. The minimum Gasteiger partial charge on any atom is -0.471 e. The number of fused-ring (bicyclic) bond motifs is 6. The van der Waals surface area contributed by atoms with E-state index >= 15 is 0 Å². The van der Waals surface area contributed by atoms with E-state index in [1.165, 1.54) is 17.5 Å². The average molecular weight is 534 g/mol. The molecule has 0 saturated carbocycles. The van der Waals surface area contributed by atoms with E-state index in [4.69, 9.17) is 19.4 Å². The van der Waals surface area contributed by atoms with Crippen LogP contribution in [-0.4, -0.2) is 63.7 Å². The summed E-state index contributed by atoms with van der Waals surface area (Å²) in [5.41, 5.74) is 4.77. The van der Waals surface area contributed by atoms with Crippen molar-refractivity contribution in [3.63, 3.8) is 0 Å². The summed E-state index contributed by atoms with van der Waals surface area (Å²) in [6, 6.07) is 16.6. The maximum absolute atomic E-state index is 13.0. The Labute approximate surface area is 228 Å². The Morgan fingerprint density at radius 3 is 2.58 bits per heavy atom. The van der Waals surface area contributed by atoms with Gasteiger partial charge < -0.3 is 14.4 Å². The maximum atomic E-state index is 13.0. The lowest BCUT2D eigenvalue weighted by molar-refractivity contribution is 0.0201. The molecule has 2 aromatic carbocycles. The molecule has 1 N–H and O–H groups in total. The van der Waals surface area contributed by atoms with Gasteiger partial charge in [-0.3, -0.25) is 9.62 Å². The molecule has 200 valence electrons. The maximum Gasteiger partial charge on any atom is 0.410 e. The highest BCUT2D eigenvalue weighted by Gasteiger charge is 2.30. The van der Waals surface area contributed by atoms with Crippen molar-refractivity contribution >= 4 is 24.0 Å². The SMILES string of the molecule is Cc1cccc(C)c1-c1cc2nc(n1)NSc1cccc(c1)CN1CCN(C(=O)OC(C)(C)C)CC(C1)O2. The lowest BCUT2D eigenvalue weighted by Gasteiger charge is -2.28. The zero-order chi connectivity index (χ0) is 26.9. The molecule has 2 aliphatic heterocycles. The fraction of sp³-hybridized carbons (Fsp3) is 0.414. The molecule has 2 unspecified atom stereocenters. The van der Waals surface area contributed by atoms with E-state index in [0.717, 1.165) is 40.4 Å². The van der Waals surface area contributed by atoms with Crippen molar-refractivity contribution in [2.45, 2.75) is 57.8 Å². The Morgan fingerprint density at radius 2 is 1.82 bits per heavy atom. The second-order valence-corrected chi connectivity index (χ2v) is 11.8. The molecular weight excluding hydrogens is 498 g/mol. The van der Waals surface area contributed by atoms with Crippen molar-refractivity contribution in [2.75, 3.05) is 30.9 Å². The Balaban J connectivity index is 1.54. The molecule has 1 aromatic heterocycles. The Morgan fingerprint density at radius 1 is 1.05 bits per heavy atom. The van der Waals surface area contributed by atoms with Crippen LogP contribution in [0.1, 0.15) is 37.5 Å². The summed E-state index contributed by atoms with van der Waals surface area (Å²) in [5, 5.41) is 0. The summed E-state index contributed by atoms with van der Waals surface area (Å²) in [4.78, 5) is 27.8. The molecular formula is C29H35N5O3S. The van der Waals surface area contributed by atoms with Gasteiger partial charge in [-0.25, -0.2) is 9.78 Å². The van der Waals surface area contributed by atoms with Crippen molar-refractivity contribution in [3.05, 3.63) is 65.2 Å². The van der Waals surface area contributed by atoms with Crippen LogP contribution < -0.4 is 9.46 Å². The number of ether oxygens (including phenoxy) is 2. The highest BCUT2D eigenvalue weighted by molar-refractivity contribution is 8.00. The second kappa shape index (κ2) is 10.8. The van der Waals surface area contributed by atoms with Crippen LogP contribution in [0.2, 0.25) is 0 Å². The van der Waals surface area contributed by atoms with Crippen LogP contribution in [0, 0.1) is 13.8 Å². The van der Waals surface area contributed by atoms with E-state index in [1.807, 2.05) is 26.8 Å². The molecule has 0 aliphatic carbocycles. The number of anilines is 1. The van der Waals surface area contributed by atoms with E-state index in [0.29, 0.717) is 31.5 Å². The van der Waals surface area contributed by atoms with E-state index in [9.17, 15) is 4.79 Å². The van der Waals surface area contributed by atoms with Crippen LogP contribution in [-0.2, 0) is 11.3 Å². The number of aromatic nitrogens is 2. The first-order valence-corrected chi connectivity index (χ1v) is 13.8. The van der Waals surface area contributed by atoms with E-state index in [1.54, 1.807) is 4.90 Å². The number of hydrogen-bond acceptors (Lipinski definition) is 8. The molecule has 3 aromatic rings. The predicted octanol–water partition coefficient (Wildman–Crippen LogP) is 5.69. The zero-order valence-corrected chi connectivity index (χ0v) is 23.5. The van der Waals surface area contributed by atoms with Gasteiger partial charge in [0, 0.05) is 42.7 Å². The standard InChI is InChI=1S/C29H35N5O3S/c1-19-8-6-9-20(2)26(19)24-15-25-31-27(30-24)32-38-23-11-7-10-21(14-23)16-33-12-13-34(18-22(17-33)36-25)28(35)37-29(3,4)5/h6-11,14-15,22H,12-13,16-18H2,1-5H3,(H,30,31,32). The summed E-state index contributed by atoms with van der Waals surface area (Å²) in [5.74, 6) is 0.951. The molecule has 3 heterocycles. The highest BCUT2D eigenvalue weighted by atomic mass is 32.2. The average Bonchev–Trinajstić information content (AvgIpc) is 3.03. The summed E-state index contributed by atoms with van der Waals surface area (Å²) in [6.45, 7) is 12.9. The number of aryl methyl sites for hydroxylation is 2. The van der Waals surface area contributed by atoms with Crippen LogP contribution in [0.3, 0.4) is 0 Å². The van der Waals surface area contributed by atoms with Crippen molar-refractivity contribution in [1.82, 2.24) is 19.8 Å². The number of nitrogens with zero attached hydrogens (tertiary/aromatic N) is 4. The number of carbonyl (C=O) groups excluding carboxylic acids is 1. The fourth-order valence-corrected chi connectivity index (χ4v) is 5.52. The fourth-order valence-electron chi connectivity index (χ4n) is 4.87. The molecule has 38 heavy (non-hydrogen) atoms. The molecule has 2 aliphatic rings. The van der Waals surface area contributed by atoms with Gasteiger partial charge in [-0.05, 0) is 75.4 Å². The monoisotopic (exact) mass is 533 g/mol. The molecule has 1 fully saturated rings. The number of hydrogen-bond donors (Lipinski definition) is 1. The first kappa shape index (κ1) is 26.3. The molecule has 1 amide bonds. The van der Waals surface area contributed by atoms with Gasteiger partial charge in [-0.2, -0.15) is 4.98 Å². The van der Waals surface area contributed by atoms with Crippen LogP contribution in [0.15, 0.2) is 53.4 Å². The summed E-state index contributed by atoms with van der Waals surface area (Å²) in [6.07, 6.45) is -0.621. The van der Waals surface area contributed by atoms with Crippen LogP contribution >= 0.6 is 11.9 Å². The van der Waals surface area contributed by atoms with Gasteiger partial charge in [0.15, 0.2) is 0 Å². The zero-order valence-electron chi connectivity index (χ0n) is 22.7. The van der Waals surface area contributed by atoms with Crippen LogP contribution in [0.4, 0.5) is 10.7 Å². The summed E-state index contributed by atoms with van der Waals surface area (Å²) >= 11 is 1.49. The van der Waals surface area contributed by atoms with Gasteiger partial charge in [0.1, 0.15) is 11.7 Å². The lowest BCUT2D eigenvalue weighted by Crippen LogP contribution is -2.42. The highest BCUT2D eigenvalue weighted by Crippen LogP contribution is 2.31. The second-order valence-electron chi connectivity index (χ2n) is 10.9. The van der Waals surface area contributed by atoms with E-state index in [-0.39, 0.29) is 12.2 Å². The number of carbonyl (C=O) groups is 1. The molecule has 6 bridgehead atoms. The number of amides is 1. The quantitative estimate of drug-likeness (QED) is 0.400. The summed E-state index contributed by atoms with van der Waals surface area (Å²) in [7, 11) is 0. The van der Waals surface area contributed by atoms with Gasteiger partial charge in [0.2, 0.25) is 11.8 Å². The van der Waals surface area contributed by atoms with Crippen LogP contribution in [0.5, 0.6) is 5.88 Å². The predicted molar refractivity (Wildman–Crippen MR) is 150 cm³/mol. The third-order valence-corrected chi connectivity index (χ3v) is 7.29. The molecule has 0 radical (unpaired) electrons. The third kappa shape index (κ3) is 6.39. The molecule has 9 heteroatoms. The van der Waals surface area contributed by atoms with Gasteiger partial charge >= 0.3 is 6.09 Å². The Bertz CT molecular complexity index is 1310. The first-order valence-electron chi connectivity index (χ1n) is 13.0. The normalized spacial score (nSPS) is 19.6. The van der Waals surface area contributed by atoms with Crippen molar-refractivity contribution in [2.24, 2.45) is 0 Å². The van der Waals surface area contributed by atoms with E-state index in [2.05, 4.69) is 65.9 Å². The molecule has 1 saturated heterocycles. The Hall–Kier alpha value is -3.30. The van der Waals surface area contributed by atoms with Gasteiger partial charge in [0.05, 0.1) is 12.2 Å². The summed E-state index contributed by atoms with van der Waals surface area (Å²) < 4.78 is 15.6. The van der Waals surface area contributed by atoms with Gasteiger partial charge in [-0.1, -0.05) is 30.3 Å². The number of rotatable bonds is 1. The minimum atomic E-state index is -0.567. The molecule has 0 spiro atoms. The lowest BCUT2D eigenvalue weighted by atomic mass is 10.00. The van der Waals surface area contributed by atoms with Gasteiger partial charge in [0.25, 0.3) is 0 Å². The van der Waals surface area contributed by atoms with Crippen LogP contribution in [0.25, 0.3) is 11.3 Å². The first-order chi connectivity index (χ1) is 18.1. The van der Waals surface area contributed by atoms with Crippen molar-refractivity contribution < 1.29 is 14.3 Å². The molecule has 2 atom stereocenters. The molecule has 5 rings (SSSR count). The van der Waals surface area contributed by atoms with Crippen molar-refractivity contribution in [1.29, 1.82) is 0 Å². The third-order valence-electron chi connectivity index (χ3n) is 6.52. The largest absolute Gasteiger partial charge is 0.471 e. The smallest absolute Gasteiger partial charge is 0.410 e. The van der Waals surface area contributed by atoms with Gasteiger partial charge in [-0.15, -0.1) is 0 Å². The number of benzene rings is 2. The number of nitrogens with one attached hydrogen (secondary N) is 1. The van der Waals surface area contributed by atoms with Crippen molar-refractivity contribution in [3.8, 4) is 17.1 Å². The topological polar surface area (TPSA) is 79.8 Å². The minimum absolute atomic E-state index is 0.296.